The van der Waals surface area contributed by atoms with Crippen LogP contribution in [-0.4, -0.2) is 63.6 Å². The molecule has 0 radical (unpaired) electrons. The van der Waals surface area contributed by atoms with Crippen molar-refractivity contribution in [1.29, 1.82) is 0 Å². The molecule has 1 saturated heterocycles. The van der Waals surface area contributed by atoms with Gasteiger partial charge in [0.05, 0.1) is 5.69 Å². The summed E-state index contributed by atoms with van der Waals surface area (Å²) in [5, 5.41) is 0. The van der Waals surface area contributed by atoms with Crippen LogP contribution in [0.2, 0.25) is 0 Å². The summed E-state index contributed by atoms with van der Waals surface area (Å²) in [6.07, 6.45) is 9.53. The van der Waals surface area contributed by atoms with E-state index in [1.807, 2.05) is 13.1 Å². The van der Waals surface area contributed by atoms with Crippen molar-refractivity contribution in [3.63, 3.8) is 0 Å². The fourth-order valence-corrected chi connectivity index (χ4v) is 5.83. The second kappa shape index (κ2) is 6.54. The normalized spacial score (nSPS) is 32.5. The van der Waals surface area contributed by atoms with Crippen molar-refractivity contribution in [2.45, 2.75) is 50.6 Å². The molecule has 6 rings (SSSR count). The van der Waals surface area contributed by atoms with Crippen LogP contribution < -0.4 is 5.73 Å². The molecule has 3 saturated carbocycles. The molecule has 154 valence electrons. The molecule has 0 spiro atoms. The smallest absolute Gasteiger partial charge is 0.126 e. The minimum absolute atomic E-state index is 0.613. The van der Waals surface area contributed by atoms with E-state index >= 15 is 0 Å². The third-order valence-corrected chi connectivity index (χ3v) is 7.87. The van der Waals surface area contributed by atoms with Crippen LogP contribution in [0.15, 0.2) is 18.5 Å². The number of hydrogen-bond donors (Lipinski definition) is 1. The number of nitrogen functional groups attached to an aromatic ring is 1. The van der Waals surface area contributed by atoms with Crippen LogP contribution in [0, 0.1) is 18.8 Å². The Kier molecular flexibility index (Phi) is 4.04. The van der Waals surface area contributed by atoms with E-state index < -0.39 is 0 Å². The van der Waals surface area contributed by atoms with Crippen LogP contribution >= 0.6 is 0 Å². The number of nitrogens with zero attached hydrogens (tertiary/aromatic N) is 5. The first-order chi connectivity index (χ1) is 14.1. The Labute approximate surface area is 173 Å². The Morgan fingerprint density at radius 2 is 1.79 bits per heavy atom. The monoisotopic (exact) mass is 392 g/mol. The van der Waals surface area contributed by atoms with Crippen LogP contribution in [0.3, 0.4) is 0 Å². The first-order valence-electron chi connectivity index (χ1n) is 11.3. The first kappa shape index (κ1) is 17.9. The predicted octanol–water partition coefficient (Wildman–Crippen LogP) is 2.91. The number of imidazole rings is 1. The highest BCUT2D eigenvalue weighted by atomic mass is 15.3. The number of rotatable bonds is 4. The quantitative estimate of drug-likeness (QED) is 0.867. The molecule has 6 heteroatoms. The van der Waals surface area contributed by atoms with E-state index in [-0.39, 0.29) is 0 Å². The van der Waals surface area contributed by atoms with Crippen molar-refractivity contribution >= 4 is 5.82 Å². The molecule has 3 heterocycles. The summed E-state index contributed by atoms with van der Waals surface area (Å²) >= 11 is 0. The maximum Gasteiger partial charge on any atom is 0.126 e. The van der Waals surface area contributed by atoms with E-state index in [1.165, 1.54) is 57.7 Å². The molecule has 4 atom stereocenters. The van der Waals surface area contributed by atoms with Crippen LogP contribution in [0.1, 0.15) is 49.0 Å². The van der Waals surface area contributed by atoms with Gasteiger partial charge in [0.15, 0.2) is 0 Å². The van der Waals surface area contributed by atoms with Crippen LogP contribution in [0.25, 0.3) is 11.3 Å². The largest absolute Gasteiger partial charge is 0.383 e. The molecule has 0 amide bonds. The average molecular weight is 393 g/mol. The minimum atomic E-state index is 0.613. The Balaban J connectivity index is 1.21. The van der Waals surface area contributed by atoms with E-state index in [2.05, 4.69) is 38.7 Å². The number of likely N-dealkylation sites (N-methyl/N-ethyl adjacent to an activating group) is 1. The van der Waals surface area contributed by atoms with Gasteiger partial charge in [-0.25, -0.2) is 9.97 Å². The maximum atomic E-state index is 5.92. The van der Waals surface area contributed by atoms with Gasteiger partial charge in [0, 0.05) is 62.1 Å². The van der Waals surface area contributed by atoms with E-state index in [9.17, 15) is 0 Å². The fourth-order valence-electron chi connectivity index (χ4n) is 5.83. The van der Waals surface area contributed by atoms with Crippen molar-refractivity contribution in [1.82, 2.24) is 24.3 Å². The lowest BCUT2D eigenvalue weighted by Crippen LogP contribution is -2.48. The first-order valence-corrected chi connectivity index (χ1v) is 11.3. The minimum Gasteiger partial charge on any atom is -0.383 e. The number of pyridine rings is 1. The number of piperazine rings is 1. The van der Waals surface area contributed by atoms with Crippen molar-refractivity contribution in [2.75, 3.05) is 39.0 Å². The highest BCUT2D eigenvalue weighted by Crippen LogP contribution is 2.62. The zero-order valence-electron chi connectivity index (χ0n) is 17.6. The molecule has 4 fully saturated rings. The maximum absolute atomic E-state index is 5.92. The van der Waals surface area contributed by atoms with Gasteiger partial charge in [0.1, 0.15) is 11.6 Å². The van der Waals surface area contributed by atoms with Gasteiger partial charge in [-0.2, -0.15) is 0 Å². The van der Waals surface area contributed by atoms with Gasteiger partial charge in [-0.1, -0.05) is 0 Å². The topological polar surface area (TPSA) is 63.2 Å². The number of hydrogen-bond acceptors (Lipinski definition) is 5. The summed E-state index contributed by atoms with van der Waals surface area (Å²) < 4.78 is 2.56. The van der Waals surface area contributed by atoms with Gasteiger partial charge in [-0.3, -0.25) is 4.90 Å². The van der Waals surface area contributed by atoms with E-state index in [0.29, 0.717) is 17.8 Å². The number of anilines is 1. The van der Waals surface area contributed by atoms with E-state index in [4.69, 9.17) is 10.7 Å². The zero-order valence-corrected chi connectivity index (χ0v) is 17.6. The highest BCUT2D eigenvalue weighted by molar-refractivity contribution is 5.61. The lowest BCUT2D eigenvalue weighted by atomic mass is 10.1. The standard InChI is InChI=1S/C23H32N6/c1-14-9-16(12-25-22(14)24)20-13-29(23(26-20)15-3-4-15)21-18-10-17(11-19(18)21)28-7-5-27(2)6-8-28/h9,12-13,15,17-19,21H,3-8,10-11H2,1-2H3,(H2,24,25)/t17?,18-,19+,21?. The number of aryl methyl sites for hydroxylation is 1. The summed E-state index contributed by atoms with van der Waals surface area (Å²) in [6, 6.07) is 3.62. The number of nitrogens with two attached hydrogens (primary N) is 1. The Bertz CT molecular complexity index is 911. The van der Waals surface area contributed by atoms with Gasteiger partial charge in [0.2, 0.25) is 0 Å². The molecule has 0 bridgehead atoms. The summed E-state index contributed by atoms with van der Waals surface area (Å²) in [7, 11) is 2.24. The van der Waals surface area contributed by atoms with Crippen molar-refractivity contribution in [2.24, 2.45) is 11.8 Å². The average Bonchev–Trinajstić information content (AvgIpc) is 3.59. The predicted molar refractivity (Wildman–Crippen MR) is 115 cm³/mol. The van der Waals surface area contributed by atoms with Crippen molar-refractivity contribution in [3.8, 4) is 11.3 Å². The summed E-state index contributed by atoms with van der Waals surface area (Å²) in [6.45, 7) is 6.96. The second-order valence-corrected chi connectivity index (χ2v) is 9.87. The van der Waals surface area contributed by atoms with Crippen molar-refractivity contribution in [3.05, 3.63) is 29.8 Å². The molecule has 0 aromatic carbocycles. The van der Waals surface area contributed by atoms with Gasteiger partial charge in [-0.05, 0) is 63.1 Å². The van der Waals surface area contributed by atoms with Gasteiger partial charge < -0.3 is 15.2 Å². The SMILES string of the molecule is Cc1cc(-c2cn(C3[C@H]4CC(N5CCN(C)CC5)C[C@@H]34)c(C3CC3)n2)cnc1N. The van der Waals surface area contributed by atoms with Gasteiger partial charge in [0.25, 0.3) is 0 Å². The Morgan fingerprint density at radius 1 is 1.07 bits per heavy atom. The molecule has 1 aliphatic heterocycles. The third-order valence-electron chi connectivity index (χ3n) is 7.87. The van der Waals surface area contributed by atoms with Gasteiger partial charge in [-0.15, -0.1) is 0 Å². The summed E-state index contributed by atoms with van der Waals surface area (Å²) in [5.41, 5.74) is 9.12. The summed E-state index contributed by atoms with van der Waals surface area (Å²) in [5.74, 6) is 4.31. The van der Waals surface area contributed by atoms with Gasteiger partial charge >= 0.3 is 0 Å². The van der Waals surface area contributed by atoms with E-state index in [1.54, 1.807) is 0 Å². The molecule has 4 aliphatic rings. The van der Waals surface area contributed by atoms with Crippen LogP contribution in [-0.2, 0) is 0 Å². The lowest BCUT2D eigenvalue weighted by Gasteiger charge is -2.37. The van der Waals surface area contributed by atoms with E-state index in [0.717, 1.165) is 34.7 Å². The number of aromatic nitrogens is 3. The molecule has 3 aliphatic carbocycles. The van der Waals surface area contributed by atoms with Crippen LogP contribution in [0.5, 0.6) is 0 Å². The molecule has 2 unspecified atom stereocenters. The Morgan fingerprint density at radius 3 is 2.45 bits per heavy atom. The molecule has 2 N–H and O–H groups in total. The second-order valence-electron chi connectivity index (χ2n) is 9.87. The highest BCUT2D eigenvalue weighted by Gasteiger charge is 2.58. The third kappa shape index (κ3) is 3.08. The molecule has 29 heavy (non-hydrogen) atoms. The molecule has 2 aromatic heterocycles. The molecular weight excluding hydrogens is 360 g/mol. The summed E-state index contributed by atoms with van der Waals surface area (Å²) in [4.78, 5) is 14.7. The zero-order chi connectivity index (χ0) is 19.7. The lowest BCUT2D eigenvalue weighted by molar-refractivity contribution is 0.105. The molecular formula is C23H32N6. The number of fused-ring (bicyclic) bond motifs is 1. The van der Waals surface area contributed by atoms with Crippen LogP contribution in [0.4, 0.5) is 5.82 Å². The van der Waals surface area contributed by atoms with Crippen molar-refractivity contribution < 1.29 is 0 Å². The fraction of sp³-hybridized carbons (Fsp3) is 0.652. The molecule has 6 nitrogen and oxygen atoms in total. The molecule has 2 aromatic rings. The Hall–Kier alpha value is -1.92.